The van der Waals surface area contributed by atoms with Gasteiger partial charge in [0.1, 0.15) is 5.56 Å². The summed E-state index contributed by atoms with van der Waals surface area (Å²) < 4.78 is 13.9. The maximum Gasteiger partial charge on any atom is 0.345 e. The standard InChI is InChI=1S/C19H23BrN2O3/c1-2-24-19(23)17-12-21-22(16-10-6-9-15(20)11-16)18(17)25-13-14-7-4-3-5-8-14/h6,9-12,14H,2-5,7-8,13H2,1H3. The van der Waals surface area contributed by atoms with E-state index in [1.54, 1.807) is 11.6 Å². The Kier molecular flexibility index (Phi) is 6.13. The number of ether oxygens (including phenoxy) is 2. The molecule has 25 heavy (non-hydrogen) atoms. The highest BCUT2D eigenvalue weighted by atomic mass is 79.9. The van der Waals surface area contributed by atoms with Crippen LogP contribution in [0, 0.1) is 5.92 Å². The van der Waals surface area contributed by atoms with Gasteiger partial charge in [-0.25, -0.2) is 9.48 Å². The number of hydrogen-bond donors (Lipinski definition) is 0. The lowest BCUT2D eigenvalue weighted by Gasteiger charge is -2.22. The van der Waals surface area contributed by atoms with Crippen LogP contribution in [0.1, 0.15) is 49.4 Å². The first kappa shape index (κ1) is 18.0. The molecule has 5 nitrogen and oxygen atoms in total. The van der Waals surface area contributed by atoms with Gasteiger partial charge in [0.25, 0.3) is 0 Å². The summed E-state index contributed by atoms with van der Waals surface area (Å²) in [6, 6.07) is 7.74. The lowest BCUT2D eigenvalue weighted by atomic mass is 9.90. The zero-order chi connectivity index (χ0) is 17.6. The summed E-state index contributed by atoms with van der Waals surface area (Å²) in [5.74, 6) is 0.596. The fourth-order valence-corrected chi connectivity index (χ4v) is 3.55. The van der Waals surface area contributed by atoms with Crippen LogP contribution >= 0.6 is 15.9 Å². The maximum atomic E-state index is 12.3. The molecule has 0 amide bonds. The molecule has 0 saturated heterocycles. The van der Waals surface area contributed by atoms with Crippen LogP contribution in [0.15, 0.2) is 34.9 Å². The van der Waals surface area contributed by atoms with Crippen LogP contribution in [0.5, 0.6) is 5.88 Å². The van der Waals surface area contributed by atoms with Crippen molar-refractivity contribution in [3.8, 4) is 11.6 Å². The van der Waals surface area contributed by atoms with E-state index < -0.39 is 5.97 Å². The molecule has 0 atom stereocenters. The first-order valence-electron chi connectivity index (χ1n) is 8.83. The Morgan fingerprint density at radius 3 is 2.84 bits per heavy atom. The van der Waals surface area contributed by atoms with Crippen LogP contribution in [0.4, 0.5) is 0 Å². The molecule has 0 spiro atoms. The summed E-state index contributed by atoms with van der Waals surface area (Å²) in [6.07, 6.45) is 7.70. The Morgan fingerprint density at radius 2 is 2.12 bits per heavy atom. The highest BCUT2D eigenvalue weighted by Crippen LogP contribution is 2.28. The molecule has 0 unspecified atom stereocenters. The zero-order valence-corrected chi connectivity index (χ0v) is 16.0. The van der Waals surface area contributed by atoms with Crippen molar-refractivity contribution in [2.24, 2.45) is 5.92 Å². The summed E-state index contributed by atoms with van der Waals surface area (Å²) in [5.41, 5.74) is 1.21. The van der Waals surface area contributed by atoms with Gasteiger partial charge in [-0.1, -0.05) is 41.3 Å². The van der Waals surface area contributed by atoms with Crippen molar-refractivity contribution in [3.63, 3.8) is 0 Å². The van der Waals surface area contributed by atoms with Gasteiger partial charge < -0.3 is 9.47 Å². The molecule has 6 heteroatoms. The first-order valence-corrected chi connectivity index (χ1v) is 9.62. The zero-order valence-electron chi connectivity index (χ0n) is 14.4. The molecule has 0 aliphatic heterocycles. The minimum Gasteiger partial charge on any atom is -0.477 e. The SMILES string of the molecule is CCOC(=O)c1cnn(-c2cccc(Br)c2)c1OCC1CCCCC1. The van der Waals surface area contributed by atoms with E-state index in [4.69, 9.17) is 9.47 Å². The molecule has 1 aliphatic rings. The molecule has 1 aliphatic carbocycles. The van der Waals surface area contributed by atoms with Crippen molar-refractivity contribution in [2.45, 2.75) is 39.0 Å². The Balaban J connectivity index is 1.87. The Labute approximate surface area is 156 Å². The Hall–Kier alpha value is -1.82. The number of nitrogens with zero attached hydrogens (tertiary/aromatic N) is 2. The summed E-state index contributed by atoms with van der Waals surface area (Å²) in [5, 5.41) is 4.36. The fourth-order valence-electron chi connectivity index (χ4n) is 3.17. The second-order valence-corrected chi connectivity index (χ2v) is 7.21. The summed E-state index contributed by atoms with van der Waals surface area (Å²) in [7, 11) is 0. The van der Waals surface area contributed by atoms with Gasteiger partial charge >= 0.3 is 5.97 Å². The molecule has 134 valence electrons. The molecular weight excluding hydrogens is 384 g/mol. The highest BCUT2D eigenvalue weighted by molar-refractivity contribution is 9.10. The number of aromatic nitrogens is 2. The van der Waals surface area contributed by atoms with Gasteiger partial charge in [0.2, 0.25) is 5.88 Å². The number of carbonyl (C=O) groups is 1. The van der Waals surface area contributed by atoms with Gasteiger partial charge in [-0.05, 0) is 43.9 Å². The Morgan fingerprint density at radius 1 is 1.32 bits per heavy atom. The largest absolute Gasteiger partial charge is 0.477 e. The molecule has 1 aromatic carbocycles. The second kappa shape index (κ2) is 8.52. The predicted molar refractivity (Wildman–Crippen MR) is 99.3 cm³/mol. The normalized spacial score (nSPS) is 15.1. The molecule has 1 heterocycles. The van der Waals surface area contributed by atoms with Gasteiger partial charge in [0, 0.05) is 4.47 Å². The maximum absolute atomic E-state index is 12.3. The third-order valence-corrected chi connectivity index (χ3v) is 4.95. The fraction of sp³-hybridized carbons (Fsp3) is 0.474. The monoisotopic (exact) mass is 406 g/mol. The van der Waals surface area contributed by atoms with Crippen LogP contribution in [0.2, 0.25) is 0 Å². The third kappa shape index (κ3) is 4.42. The minimum absolute atomic E-state index is 0.322. The van der Waals surface area contributed by atoms with Crippen molar-refractivity contribution in [2.75, 3.05) is 13.2 Å². The average Bonchev–Trinajstić information content (AvgIpc) is 3.05. The van der Waals surface area contributed by atoms with E-state index in [1.165, 1.54) is 38.3 Å². The highest BCUT2D eigenvalue weighted by Gasteiger charge is 2.23. The Bertz CT molecular complexity index is 723. The number of carbonyl (C=O) groups excluding carboxylic acids is 1. The number of halogens is 1. The number of benzene rings is 1. The van der Waals surface area contributed by atoms with E-state index in [2.05, 4.69) is 21.0 Å². The van der Waals surface area contributed by atoms with Gasteiger partial charge in [0.15, 0.2) is 0 Å². The molecule has 3 rings (SSSR count). The molecule has 0 bridgehead atoms. The topological polar surface area (TPSA) is 53.3 Å². The minimum atomic E-state index is -0.401. The molecule has 1 fully saturated rings. The van der Waals surface area contributed by atoms with Crippen molar-refractivity contribution in [1.29, 1.82) is 0 Å². The van der Waals surface area contributed by atoms with Crippen LogP contribution in [-0.2, 0) is 4.74 Å². The van der Waals surface area contributed by atoms with Gasteiger partial charge in [0.05, 0.1) is 25.1 Å². The smallest absolute Gasteiger partial charge is 0.345 e. The molecule has 1 aromatic heterocycles. The summed E-state index contributed by atoms with van der Waals surface area (Å²) in [6.45, 7) is 2.72. The second-order valence-electron chi connectivity index (χ2n) is 6.29. The summed E-state index contributed by atoms with van der Waals surface area (Å²) in [4.78, 5) is 12.3. The first-order chi connectivity index (χ1) is 12.2. The lowest BCUT2D eigenvalue weighted by Crippen LogP contribution is -2.18. The van der Waals surface area contributed by atoms with E-state index in [9.17, 15) is 4.79 Å². The van der Waals surface area contributed by atoms with Crippen LogP contribution in [0.3, 0.4) is 0 Å². The predicted octanol–water partition coefficient (Wildman–Crippen LogP) is 4.77. The van der Waals surface area contributed by atoms with Crippen molar-refractivity contribution >= 4 is 21.9 Å². The molecule has 0 radical (unpaired) electrons. The number of hydrogen-bond acceptors (Lipinski definition) is 4. The van der Waals surface area contributed by atoms with E-state index in [1.807, 2.05) is 24.3 Å². The van der Waals surface area contributed by atoms with Gasteiger partial charge in [-0.2, -0.15) is 5.10 Å². The van der Waals surface area contributed by atoms with E-state index in [0.29, 0.717) is 30.6 Å². The van der Waals surface area contributed by atoms with Crippen LogP contribution < -0.4 is 4.74 Å². The number of esters is 1. The summed E-state index contributed by atoms with van der Waals surface area (Å²) >= 11 is 3.47. The molecule has 2 aromatic rings. The van der Waals surface area contributed by atoms with E-state index >= 15 is 0 Å². The van der Waals surface area contributed by atoms with Gasteiger partial charge in [-0.3, -0.25) is 0 Å². The van der Waals surface area contributed by atoms with Crippen molar-refractivity contribution < 1.29 is 14.3 Å². The van der Waals surface area contributed by atoms with Crippen LogP contribution in [0.25, 0.3) is 5.69 Å². The van der Waals surface area contributed by atoms with Crippen LogP contribution in [-0.4, -0.2) is 29.0 Å². The molecular formula is C19H23BrN2O3. The quantitative estimate of drug-likeness (QED) is 0.648. The molecule has 1 saturated carbocycles. The van der Waals surface area contributed by atoms with Crippen molar-refractivity contribution in [1.82, 2.24) is 9.78 Å². The number of rotatable bonds is 6. The molecule has 0 N–H and O–H groups in total. The van der Waals surface area contributed by atoms with E-state index in [0.717, 1.165) is 10.2 Å². The van der Waals surface area contributed by atoms with Gasteiger partial charge in [-0.15, -0.1) is 0 Å². The third-order valence-electron chi connectivity index (χ3n) is 4.45. The average molecular weight is 407 g/mol. The lowest BCUT2D eigenvalue weighted by molar-refractivity contribution is 0.0520. The van der Waals surface area contributed by atoms with Crippen molar-refractivity contribution in [3.05, 3.63) is 40.5 Å². The van der Waals surface area contributed by atoms with E-state index in [-0.39, 0.29) is 0 Å².